The van der Waals surface area contributed by atoms with E-state index >= 15 is 0 Å². The summed E-state index contributed by atoms with van der Waals surface area (Å²) < 4.78 is 0. The summed E-state index contributed by atoms with van der Waals surface area (Å²) in [5.41, 5.74) is -0.775. The predicted octanol–water partition coefficient (Wildman–Crippen LogP) is 2.19. The van der Waals surface area contributed by atoms with Crippen LogP contribution in [-0.2, 0) is 14.4 Å². The lowest BCUT2D eigenvalue weighted by Gasteiger charge is -2.48. The van der Waals surface area contributed by atoms with Crippen LogP contribution in [0.2, 0.25) is 0 Å². The minimum Gasteiger partial charge on any atom is -0.480 e. The molecule has 2 atom stereocenters. The Morgan fingerprint density at radius 2 is 1.60 bits per heavy atom. The van der Waals surface area contributed by atoms with Crippen LogP contribution in [-0.4, -0.2) is 67.6 Å². The molecular formula is C18H32N2O5. The first-order valence-corrected chi connectivity index (χ1v) is 8.81. The minimum atomic E-state index is -0.994. The molecule has 0 aromatic heterocycles. The molecule has 144 valence electrons. The molecule has 1 aliphatic heterocycles. The zero-order valence-electron chi connectivity index (χ0n) is 16.2. The fourth-order valence-electron chi connectivity index (χ4n) is 4.03. The molecule has 0 aromatic carbocycles. The highest BCUT2D eigenvalue weighted by atomic mass is 16.4. The number of carbonyl (C=O) groups excluding carboxylic acids is 1. The molecule has 0 radical (unpaired) electrons. The van der Waals surface area contributed by atoms with Gasteiger partial charge in [-0.2, -0.15) is 0 Å². The molecule has 2 N–H and O–H groups in total. The van der Waals surface area contributed by atoms with Gasteiger partial charge >= 0.3 is 11.9 Å². The van der Waals surface area contributed by atoms with Crippen molar-refractivity contribution in [2.24, 2.45) is 0 Å². The van der Waals surface area contributed by atoms with Crippen LogP contribution in [0.3, 0.4) is 0 Å². The molecule has 1 saturated heterocycles. The predicted molar refractivity (Wildman–Crippen MR) is 94.4 cm³/mol. The molecule has 0 spiro atoms. The van der Waals surface area contributed by atoms with Gasteiger partial charge in [0.2, 0.25) is 5.91 Å². The Labute approximate surface area is 150 Å². The largest absolute Gasteiger partial charge is 0.480 e. The van der Waals surface area contributed by atoms with E-state index in [1.54, 1.807) is 0 Å². The molecule has 1 aliphatic rings. The number of rotatable bonds is 6. The highest BCUT2D eigenvalue weighted by Gasteiger charge is 2.41. The van der Waals surface area contributed by atoms with Crippen LogP contribution in [0.4, 0.5) is 0 Å². The molecule has 0 unspecified atom stereocenters. The monoisotopic (exact) mass is 356 g/mol. The quantitative estimate of drug-likeness (QED) is 0.757. The summed E-state index contributed by atoms with van der Waals surface area (Å²) >= 11 is 0. The number of hydrogen-bond acceptors (Lipinski definition) is 4. The molecule has 1 amide bonds. The van der Waals surface area contributed by atoms with Gasteiger partial charge in [-0.3, -0.25) is 14.5 Å². The number of nitrogens with zero attached hydrogens (tertiary/aromatic N) is 2. The zero-order chi connectivity index (χ0) is 19.6. The summed E-state index contributed by atoms with van der Waals surface area (Å²) in [5.74, 6) is -2.24. The van der Waals surface area contributed by atoms with Crippen molar-refractivity contribution in [3.8, 4) is 0 Å². The second-order valence-corrected chi connectivity index (χ2v) is 8.69. The average molecular weight is 356 g/mol. The first kappa shape index (κ1) is 21.4. The van der Waals surface area contributed by atoms with Crippen LogP contribution in [0.15, 0.2) is 0 Å². The molecule has 0 bridgehead atoms. The lowest BCUT2D eigenvalue weighted by Crippen LogP contribution is -2.60. The van der Waals surface area contributed by atoms with Crippen LogP contribution in [0.25, 0.3) is 0 Å². The topological polar surface area (TPSA) is 98.2 Å². The molecular weight excluding hydrogens is 324 g/mol. The van der Waals surface area contributed by atoms with E-state index in [9.17, 15) is 24.6 Å². The van der Waals surface area contributed by atoms with Crippen molar-refractivity contribution < 1.29 is 24.6 Å². The van der Waals surface area contributed by atoms with E-state index < -0.39 is 24.0 Å². The molecule has 25 heavy (non-hydrogen) atoms. The molecule has 0 aromatic rings. The van der Waals surface area contributed by atoms with Gasteiger partial charge in [-0.1, -0.05) is 0 Å². The van der Waals surface area contributed by atoms with Crippen molar-refractivity contribution in [2.75, 3.05) is 6.54 Å². The standard InChI is InChI=1S/C18H32N2O5/c1-17(2,3)20(18(4,5)6)13(16(24)25)9-10-14(21)19-11-7-8-12(19)15(22)23/h12-13H,7-11H2,1-6H3,(H,22,23)(H,24,25)/t12-,13-/m0/s1. The molecule has 7 nitrogen and oxygen atoms in total. The lowest BCUT2D eigenvalue weighted by atomic mass is 9.91. The highest BCUT2D eigenvalue weighted by molar-refractivity contribution is 5.84. The van der Waals surface area contributed by atoms with E-state index in [0.717, 1.165) is 0 Å². The van der Waals surface area contributed by atoms with Gasteiger partial charge in [0.1, 0.15) is 12.1 Å². The van der Waals surface area contributed by atoms with E-state index in [4.69, 9.17) is 0 Å². The third kappa shape index (κ3) is 5.42. The fourth-order valence-corrected chi connectivity index (χ4v) is 4.03. The normalized spacial score (nSPS) is 20.0. The van der Waals surface area contributed by atoms with Crippen LogP contribution in [0.5, 0.6) is 0 Å². The van der Waals surface area contributed by atoms with E-state index in [0.29, 0.717) is 19.4 Å². The Morgan fingerprint density at radius 1 is 1.08 bits per heavy atom. The molecule has 1 rings (SSSR count). The Morgan fingerprint density at radius 3 is 2.00 bits per heavy atom. The van der Waals surface area contributed by atoms with Crippen molar-refractivity contribution in [3.05, 3.63) is 0 Å². The van der Waals surface area contributed by atoms with Gasteiger partial charge < -0.3 is 15.1 Å². The Balaban J connectivity index is 2.90. The van der Waals surface area contributed by atoms with Gasteiger partial charge in [-0.15, -0.1) is 0 Å². The number of carbonyl (C=O) groups is 3. The molecule has 7 heteroatoms. The van der Waals surface area contributed by atoms with Gasteiger partial charge in [0, 0.05) is 24.0 Å². The number of amides is 1. The Kier molecular flexibility index (Phi) is 6.61. The maximum Gasteiger partial charge on any atom is 0.326 e. The number of aliphatic carboxylic acids is 2. The smallest absolute Gasteiger partial charge is 0.326 e. The van der Waals surface area contributed by atoms with Gasteiger partial charge in [0.15, 0.2) is 0 Å². The van der Waals surface area contributed by atoms with Crippen molar-refractivity contribution in [3.63, 3.8) is 0 Å². The maximum atomic E-state index is 12.5. The fraction of sp³-hybridized carbons (Fsp3) is 0.833. The number of likely N-dealkylation sites (tertiary alicyclic amines) is 1. The van der Waals surface area contributed by atoms with E-state index in [-0.39, 0.29) is 29.8 Å². The maximum absolute atomic E-state index is 12.5. The van der Waals surface area contributed by atoms with Gasteiger partial charge in [-0.25, -0.2) is 4.79 Å². The summed E-state index contributed by atoms with van der Waals surface area (Å²) in [7, 11) is 0. The first-order valence-electron chi connectivity index (χ1n) is 8.81. The summed E-state index contributed by atoms with van der Waals surface area (Å²) in [6.07, 6.45) is 1.32. The summed E-state index contributed by atoms with van der Waals surface area (Å²) in [6, 6.07) is -1.59. The Bertz CT molecular complexity index is 505. The first-order chi connectivity index (χ1) is 11.3. The van der Waals surface area contributed by atoms with Crippen molar-refractivity contribution in [1.29, 1.82) is 0 Å². The number of carboxylic acids is 2. The van der Waals surface area contributed by atoms with Crippen LogP contribution in [0, 0.1) is 0 Å². The SMILES string of the molecule is CC(C)(C)N([C@@H](CCC(=O)N1CCC[C@H]1C(=O)O)C(=O)O)C(C)(C)C. The van der Waals surface area contributed by atoms with Crippen molar-refractivity contribution in [1.82, 2.24) is 9.80 Å². The zero-order valence-corrected chi connectivity index (χ0v) is 16.2. The van der Waals surface area contributed by atoms with Crippen LogP contribution in [0.1, 0.15) is 67.2 Å². The van der Waals surface area contributed by atoms with E-state index in [2.05, 4.69) is 0 Å². The lowest BCUT2D eigenvalue weighted by molar-refractivity contribution is -0.152. The van der Waals surface area contributed by atoms with Crippen LogP contribution >= 0.6 is 0 Å². The molecule has 1 heterocycles. The van der Waals surface area contributed by atoms with Gasteiger partial charge in [0.25, 0.3) is 0 Å². The second-order valence-electron chi connectivity index (χ2n) is 8.69. The number of hydrogen-bond donors (Lipinski definition) is 2. The second kappa shape index (κ2) is 7.72. The molecule has 1 fully saturated rings. The third-order valence-electron chi connectivity index (χ3n) is 4.53. The van der Waals surface area contributed by atoms with E-state index in [1.807, 2.05) is 46.4 Å². The summed E-state index contributed by atoms with van der Waals surface area (Å²) in [5, 5.41) is 18.9. The molecule has 0 aliphatic carbocycles. The highest BCUT2D eigenvalue weighted by Crippen LogP contribution is 2.30. The Hall–Kier alpha value is -1.63. The summed E-state index contributed by atoms with van der Waals surface area (Å²) in [6.45, 7) is 12.2. The van der Waals surface area contributed by atoms with Gasteiger partial charge in [0.05, 0.1) is 0 Å². The van der Waals surface area contributed by atoms with Crippen molar-refractivity contribution in [2.45, 2.75) is 90.4 Å². The third-order valence-corrected chi connectivity index (χ3v) is 4.53. The van der Waals surface area contributed by atoms with E-state index in [1.165, 1.54) is 4.90 Å². The molecule has 0 saturated carbocycles. The van der Waals surface area contributed by atoms with Crippen molar-refractivity contribution >= 4 is 17.8 Å². The summed E-state index contributed by atoms with van der Waals surface area (Å²) in [4.78, 5) is 38.9. The number of carboxylic acid groups (broad SMARTS) is 2. The van der Waals surface area contributed by atoms with Crippen LogP contribution < -0.4 is 0 Å². The van der Waals surface area contributed by atoms with Gasteiger partial charge in [-0.05, 0) is 60.8 Å². The average Bonchev–Trinajstić information content (AvgIpc) is 2.89. The minimum absolute atomic E-state index is 0.0312.